The van der Waals surface area contributed by atoms with Crippen LogP contribution < -0.4 is 10.6 Å². The molecule has 0 radical (unpaired) electrons. The van der Waals surface area contributed by atoms with E-state index in [9.17, 15) is 9.59 Å². The number of nitrogens with zero attached hydrogens (tertiary/aromatic N) is 1. The van der Waals surface area contributed by atoms with Crippen LogP contribution in [0.5, 0.6) is 0 Å². The summed E-state index contributed by atoms with van der Waals surface area (Å²) < 4.78 is 5.00. The fourth-order valence-electron chi connectivity index (χ4n) is 1.62. The van der Waals surface area contributed by atoms with Gasteiger partial charge in [-0.05, 0) is 30.7 Å². The molecule has 0 bridgehead atoms. The van der Waals surface area contributed by atoms with Crippen LogP contribution in [0.15, 0.2) is 35.1 Å². The van der Waals surface area contributed by atoms with E-state index in [1.54, 1.807) is 18.2 Å². The minimum Gasteiger partial charge on any atom is -0.459 e. The van der Waals surface area contributed by atoms with Gasteiger partial charge in [-0.2, -0.15) is 0 Å². The summed E-state index contributed by atoms with van der Waals surface area (Å²) in [6.45, 7) is 5.46. The van der Waals surface area contributed by atoms with Gasteiger partial charge in [0, 0.05) is 5.92 Å². The van der Waals surface area contributed by atoms with Gasteiger partial charge in [0.25, 0.3) is 5.91 Å². The lowest BCUT2D eigenvalue weighted by Gasteiger charge is -2.11. The van der Waals surface area contributed by atoms with Gasteiger partial charge in [-0.25, -0.2) is 4.98 Å². The highest BCUT2D eigenvalue weighted by molar-refractivity contribution is 6.01. The van der Waals surface area contributed by atoms with Crippen LogP contribution in [0.3, 0.4) is 0 Å². The Balaban J connectivity index is 2.08. The van der Waals surface area contributed by atoms with Crippen molar-refractivity contribution in [2.45, 2.75) is 20.8 Å². The zero-order chi connectivity index (χ0) is 15.4. The Morgan fingerprint density at radius 1 is 1.29 bits per heavy atom. The van der Waals surface area contributed by atoms with Crippen molar-refractivity contribution in [2.24, 2.45) is 5.92 Å². The van der Waals surface area contributed by atoms with E-state index < -0.39 is 0 Å². The molecule has 2 amide bonds. The number of aromatic nitrogens is 1. The topological polar surface area (TPSA) is 84.2 Å². The zero-order valence-corrected chi connectivity index (χ0v) is 12.1. The van der Waals surface area contributed by atoms with Crippen molar-refractivity contribution >= 4 is 23.3 Å². The fourth-order valence-corrected chi connectivity index (χ4v) is 1.62. The van der Waals surface area contributed by atoms with E-state index in [1.165, 1.54) is 12.5 Å². The quantitative estimate of drug-likeness (QED) is 0.905. The Bertz CT molecular complexity index is 648. The number of carbonyl (C=O) groups is 2. The Morgan fingerprint density at radius 2 is 2.05 bits per heavy atom. The normalized spacial score (nSPS) is 10.5. The summed E-state index contributed by atoms with van der Waals surface area (Å²) in [6.07, 6.45) is 2.95. The average molecular weight is 287 g/mol. The predicted molar refractivity (Wildman–Crippen MR) is 79.1 cm³/mol. The second kappa shape index (κ2) is 6.21. The standard InChI is InChI=1S/C15H17N3O3/c1-9(2)14(19)17-11-8-16-13(7-10(11)3)18-15(20)12-5-4-6-21-12/h4-9H,1-3H3,(H,17,19)(H,16,18,20). The van der Waals surface area contributed by atoms with Gasteiger partial charge in [-0.3, -0.25) is 9.59 Å². The van der Waals surface area contributed by atoms with E-state index in [1.807, 2.05) is 20.8 Å². The number of pyridine rings is 1. The maximum absolute atomic E-state index is 11.8. The second-order valence-corrected chi connectivity index (χ2v) is 4.96. The lowest BCUT2D eigenvalue weighted by molar-refractivity contribution is -0.118. The zero-order valence-electron chi connectivity index (χ0n) is 12.1. The van der Waals surface area contributed by atoms with Gasteiger partial charge in [0.2, 0.25) is 5.91 Å². The maximum Gasteiger partial charge on any atom is 0.292 e. The Kier molecular flexibility index (Phi) is 4.37. The first kappa shape index (κ1) is 14.8. The molecule has 2 N–H and O–H groups in total. The molecule has 2 aromatic rings. The molecule has 0 aliphatic carbocycles. The highest BCUT2D eigenvalue weighted by atomic mass is 16.3. The van der Waals surface area contributed by atoms with Gasteiger partial charge >= 0.3 is 0 Å². The summed E-state index contributed by atoms with van der Waals surface area (Å²) in [5, 5.41) is 5.42. The summed E-state index contributed by atoms with van der Waals surface area (Å²) in [5.74, 6) is 0.0592. The van der Waals surface area contributed by atoms with Crippen LogP contribution in [-0.2, 0) is 4.79 Å². The van der Waals surface area contributed by atoms with Crippen LogP contribution in [0.4, 0.5) is 11.5 Å². The van der Waals surface area contributed by atoms with E-state index in [-0.39, 0.29) is 23.5 Å². The van der Waals surface area contributed by atoms with E-state index in [0.717, 1.165) is 5.56 Å². The first-order chi connectivity index (χ1) is 9.97. The number of furan rings is 1. The van der Waals surface area contributed by atoms with Crippen LogP contribution in [0.1, 0.15) is 30.0 Å². The van der Waals surface area contributed by atoms with E-state index in [2.05, 4.69) is 15.6 Å². The highest BCUT2D eigenvalue weighted by Gasteiger charge is 2.12. The molecule has 0 saturated heterocycles. The predicted octanol–water partition coefficient (Wildman–Crippen LogP) is 2.83. The SMILES string of the molecule is Cc1cc(NC(=O)c2ccco2)ncc1NC(=O)C(C)C. The van der Waals surface area contributed by atoms with Gasteiger partial charge in [-0.15, -0.1) is 0 Å². The molecule has 21 heavy (non-hydrogen) atoms. The first-order valence-corrected chi connectivity index (χ1v) is 6.59. The molecule has 0 saturated carbocycles. The number of aryl methyl sites for hydroxylation is 1. The molecule has 110 valence electrons. The van der Waals surface area contributed by atoms with Crippen LogP contribution >= 0.6 is 0 Å². The Morgan fingerprint density at radius 3 is 2.62 bits per heavy atom. The van der Waals surface area contributed by atoms with E-state index in [0.29, 0.717) is 11.5 Å². The van der Waals surface area contributed by atoms with Gasteiger partial charge in [0.15, 0.2) is 5.76 Å². The molecule has 0 aliphatic heterocycles. The molecule has 0 spiro atoms. The van der Waals surface area contributed by atoms with E-state index >= 15 is 0 Å². The largest absolute Gasteiger partial charge is 0.459 e. The molecule has 6 heteroatoms. The van der Waals surface area contributed by atoms with Gasteiger partial charge < -0.3 is 15.1 Å². The molecule has 0 atom stereocenters. The lowest BCUT2D eigenvalue weighted by Crippen LogP contribution is -2.19. The highest BCUT2D eigenvalue weighted by Crippen LogP contribution is 2.18. The molecule has 0 unspecified atom stereocenters. The minimum absolute atomic E-state index is 0.0766. The summed E-state index contributed by atoms with van der Waals surface area (Å²) in [7, 11) is 0. The molecular weight excluding hydrogens is 270 g/mol. The van der Waals surface area contributed by atoms with Crippen LogP contribution in [0.2, 0.25) is 0 Å². The van der Waals surface area contributed by atoms with Crippen LogP contribution in [0.25, 0.3) is 0 Å². The number of carbonyl (C=O) groups excluding carboxylic acids is 2. The van der Waals surface area contributed by atoms with E-state index in [4.69, 9.17) is 4.42 Å². The molecule has 0 aromatic carbocycles. The van der Waals surface area contributed by atoms with Crippen molar-refractivity contribution in [1.29, 1.82) is 0 Å². The van der Waals surface area contributed by atoms with Gasteiger partial charge in [0.1, 0.15) is 5.82 Å². The van der Waals surface area contributed by atoms with Crippen molar-refractivity contribution < 1.29 is 14.0 Å². The summed E-state index contributed by atoms with van der Waals surface area (Å²) >= 11 is 0. The smallest absolute Gasteiger partial charge is 0.292 e. The molecule has 2 rings (SSSR count). The number of nitrogens with one attached hydrogen (secondary N) is 2. The second-order valence-electron chi connectivity index (χ2n) is 4.96. The minimum atomic E-state index is -0.370. The third kappa shape index (κ3) is 3.68. The molecule has 6 nitrogen and oxygen atoms in total. The van der Waals surface area contributed by atoms with Gasteiger partial charge in [-0.1, -0.05) is 13.8 Å². The average Bonchev–Trinajstić information content (AvgIpc) is 2.95. The number of rotatable bonds is 4. The van der Waals surface area contributed by atoms with Crippen molar-refractivity contribution in [1.82, 2.24) is 4.98 Å². The third-order valence-electron chi connectivity index (χ3n) is 2.88. The lowest BCUT2D eigenvalue weighted by atomic mass is 10.2. The number of amides is 2. The molecule has 0 fully saturated rings. The number of anilines is 2. The Labute approximate surface area is 122 Å². The maximum atomic E-state index is 11.8. The first-order valence-electron chi connectivity index (χ1n) is 6.59. The monoisotopic (exact) mass is 287 g/mol. The summed E-state index contributed by atoms with van der Waals surface area (Å²) in [6, 6.07) is 4.90. The fraction of sp³-hybridized carbons (Fsp3) is 0.267. The molecule has 0 aliphatic rings. The van der Waals surface area contributed by atoms with Gasteiger partial charge in [0.05, 0.1) is 18.1 Å². The molecule has 2 heterocycles. The molecular formula is C15H17N3O3. The Hall–Kier alpha value is -2.63. The van der Waals surface area contributed by atoms with Crippen molar-refractivity contribution in [3.05, 3.63) is 42.0 Å². The number of hydrogen-bond donors (Lipinski definition) is 2. The van der Waals surface area contributed by atoms with Crippen molar-refractivity contribution in [3.8, 4) is 0 Å². The third-order valence-corrected chi connectivity index (χ3v) is 2.88. The van der Waals surface area contributed by atoms with Crippen molar-refractivity contribution in [3.63, 3.8) is 0 Å². The molecule has 2 aromatic heterocycles. The summed E-state index contributed by atoms with van der Waals surface area (Å²) in [4.78, 5) is 27.6. The van der Waals surface area contributed by atoms with Crippen LogP contribution in [0, 0.1) is 12.8 Å². The van der Waals surface area contributed by atoms with Crippen LogP contribution in [-0.4, -0.2) is 16.8 Å². The summed E-state index contributed by atoms with van der Waals surface area (Å²) in [5.41, 5.74) is 1.44. The number of hydrogen-bond acceptors (Lipinski definition) is 4. The van der Waals surface area contributed by atoms with Crippen molar-refractivity contribution in [2.75, 3.05) is 10.6 Å².